The Morgan fingerprint density at radius 1 is 0.871 bits per heavy atom. The monoisotopic (exact) mass is 507 g/mol. The molecule has 0 fully saturated rings. The minimum Gasteiger partial charge on any atom is -0.421 e. The lowest BCUT2D eigenvalue weighted by molar-refractivity contribution is -0.671. The Bertz CT molecular complexity index is 1190. The van der Waals surface area contributed by atoms with Gasteiger partial charge in [0.2, 0.25) is 0 Å². The van der Waals surface area contributed by atoms with Gasteiger partial charge in [0.05, 0.1) is 10.2 Å². The Morgan fingerprint density at radius 3 is 1.81 bits per heavy atom. The van der Waals surface area contributed by atoms with Crippen LogP contribution in [0.1, 0.15) is 0 Å². The van der Waals surface area contributed by atoms with Crippen LogP contribution in [-0.2, 0) is 27.1 Å². The molecule has 170 valence electrons. The normalized spacial score (nSPS) is 13.0. The Morgan fingerprint density at radius 2 is 1.35 bits per heavy atom. The van der Waals surface area contributed by atoms with Crippen molar-refractivity contribution in [3.63, 3.8) is 0 Å². The molecule has 3 rings (SSSR count). The summed E-state index contributed by atoms with van der Waals surface area (Å²) in [5, 5.41) is 1.09. The molecule has 3 aromatic rings. The smallest absolute Gasteiger partial charge is 0.421 e. The highest BCUT2D eigenvalue weighted by Gasteiger charge is 2.46. The Hall–Kier alpha value is -2.30. The number of aromatic nitrogens is 2. The minimum absolute atomic E-state index is 0.778. The molecule has 0 atom stereocenters. The Kier molecular flexibility index (Phi) is 6.99. The summed E-state index contributed by atoms with van der Waals surface area (Å²) >= 11 is 1.74. The molecule has 0 saturated heterocycles. The maximum absolute atomic E-state index is 11.4. The Balaban J connectivity index is 0.000000221. The largest absolute Gasteiger partial charge is 0.480 e. The highest BCUT2D eigenvalue weighted by molar-refractivity contribution is 8.13. The molecule has 1 aromatic carbocycles. The van der Waals surface area contributed by atoms with Crippen LogP contribution < -0.4 is 4.57 Å². The van der Waals surface area contributed by atoms with Crippen LogP contribution in [0.15, 0.2) is 48.8 Å². The number of nitrogens with zero attached hydrogens (tertiary/aromatic N) is 3. The molecule has 0 aliphatic heterocycles. The predicted molar refractivity (Wildman–Crippen MR) is 99.5 cm³/mol. The zero-order valence-corrected chi connectivity index (χ0v) is 17.5. The molecule has 0 amide bonds. The van der Waals surface area contributed by atoms with E-state index in [0.29, 0.717) is 0 Å². The van der Waals surface area contributed by atoms with E-state index in [0.717, 1.165) is 14.7 Å². The molecule has 0 aliphatic carbocycles. The van der Waals surface area contributed by atoms with Gasteiger partial charge < -0.3 is 4.13 Å². The first-order valence-corrected chi connectivity index (χ1v) is 11.4. The third-order valence-electron chi connectivity index (χ3n) is 3.30. The third-order valence-corrected chi connectivity index (χ3v) is 7.13. The second-order valence-corrected chi connectivity index (χ2v) is 10.1. The molecule has 2 heterocycles. The van der Waals surface area contributed by atoms with Crippen LogP contribution in [0.4, 0.5) is 26.3 Å². The van der Waals surface area contributed by atoms with E-state index in [-0.39, 0.29) is 0 Å². The summed E-state index contributed by atoms with van der Waals surface area (Å²) in [6, 6.07) is 12.4. The fraction of sp³-hybridized carbons (Fsp3) is 0.200. The average Bonchev–Trinajstić information content (AvgIpc) is 3.04. The second kappa shape index (κ2) is 8.68. The summed E-state index contributed by atoms with van der Waals surface area (Å²) in [6.45, 7) is 0. The van der Waals surface area contributed by atoms with Gasteiger partial charge in [0.25, 0.3) is 0 Å². The summed E-state index contributed by atoms with van der Waals surface area (Å²) in [5.41, 5.74) is -10.1. The summed E-state index contributed by atoms with van der Waals surface area (Å²) < 4.78 is 112. The van der Waals surface area contributed by atoms with Crippen molar-refractivity contribution in [2.45, 2.75) is 11.0 Å². The fourth-order valence-electron chi connectivity index (χ4n) is 1.85. The SMILES string of the molecule is C[n+]1ccc(-c2nc3ccccc3s2)cc1.O=S(=O)([N-]S(=O)(=O)C(F)(F)F)C(F)(F)F. The van der Waals surface area contributed by atoms with E-state index in [2.05, 4.69) is 35.3 Å². The van der Waals surface area contributed by atoms with Crippen molar-refractivity contribution in [1.29, 1.82) is 0 Å². The lowest BCUT2D eigenvalue weighted by Gasteiger charge is -2.22. The van der Waals surface area contributed by atoms with Crippen LogP contribution in [0.25, 0.3) is 24.9 Å². The molecule has 0 spiro atoms. The molecule has 0 bridgehead atoms. The maximum Gasteiger partial charge on any atom is 0.480 e. The van der Waals surface area contributed by atoms with Gasteiger partial charge in [0, 0.05) is 17.7 Å². The number of sulfonamides is 2. The van der Waals surface area contributed by atoms with Crippen molar-refractivity contribution in [2.75, 3.05) is 0 Å². The standard InChI is InChI=1S/C13H11N2S.C2F6NO4S2/c1-15-8-6-10(7-9-15)13-14-11-4-2-3-5-12(11)16-13;3-1(4,5)14(10,11)9-15(12,13)2(6,7)8/h2-9H,1H3;/q+1;-1. The van der Waals surface area contributed by atoms with E-state index in [1.165, 1.54) is 10.3 Å². The first-order chi connectivity index (χ1) is 14.0. The number of hydrogen-bond acceptors (Lipinski definition) is 6. The number of hydrogen-bond donors (Lipinski definition) is 0. The van der Waals surface area contributed by atoms with Gasteiger partial charge in [0.1, 0.15) is 12.1 Å². The number of para-hydroxylation sites is 1. The second-order valence-electron chi connectivity index (χ2n) is 5.66. The molecule has 16 heteroatoms. The summed E-state index contributed by atoms with van der Waals surface area (Å²) in [6.07, 6.45) is 4.09. The molecule has 31 heavy (non-hydrogen) atoms. The molecular weight excluding hydrogens is 496 g/mol. The lowest BCUT2D eigenvalue weighted by Crippen LogP contribution is -2.30. The van der Waals surface area contributed by atoms with Crippen LogP contribution in [0.3, 0.4) is 0 Å². The van der Waals surface area contributed by atoms with Gasteiger partial charge in [-0.3, -0.25) is 0 Å². The van der Waals surface area contributed by atoms with Crippen LogP contribution in [0.2, 0.25) is 0 Å². The molecule has 0 unspecified atom stereocenters. The Labute approximate surface area is 176 Å². The first-order valence-electron chi connectivity index (χ1n) is 7.71. The molecule has 0 radical (unpaired) electrons. The fourth-order valence-corrected chi connectivity index (χ4v) is 4.53. The quantitative estimate of drug-likeness (QED) is 0.396. The van der Waals surface area contributed by atoms with Crippen molar-refractivity contribution in [2.24, 2.45) is 7.05 Å². The van der Waals surface area contributed by atoms with Crippen LogP contribution in [-0.4, -0.2) is 32.8 Å². The number of fused-ring (bicyclic) bond motifs is 1. The third kappa shape index (κ3) is 6.11. The number of benzene rings is 1. The predicted octanol–water partition coefficient (Wildman–Crippen LogP) is 3.85. The summed E-state index contributed by atoms with van der Waals surface area (Å²) in [7, 11) is -11.4. The van der Waals surface area contributed by atoms with Crippen LogP contribution in [0, 0.1) is 0 Å². The number of pyridine rings is 1. The minimum atomic E-state index is -6.72. The topological polar surface area (TPSA) is 99.2 Å². The summed E-state index contributed by atoms with van der Waals surface area (Å²) in [5.74, 6) is 0. The number of rotatable bonds is 3. The summed E-state index contributed by atoms with van der Waals surface area (Å²) in [4.78, 5) is 4.62. The number of alkyl halides is 6. The number of thiazole rings is 1. The van der Waals surface area contributed by atoms with E-state index in [4.69, 9.17) is 0 Å². The van der Waals surface area contributed by atoms with Crippen LogP contribution >= 0.6 is 11.3 Å². The van der Waals surface area contributed by atoms with E-state index in [9.17, 15) is 43.2 Å². The van der Waals surface area contributed by atoms with Gasteiger partial charge in [-0.1, -0.05) is 12.1 Å². The van der Waals surface area contributed by atoms with Crippen molar-refractivity contribution in [3.05, 3.63) is 52.9 Å². The van der Waals surface area contributed by atoms with Gasteiger partial charge >= 0.3 is 11.0 Å². The van der Waals surface area contributed by atoms with Crippen LogP contribution in [0.5, 0.6) is 0 Å². The highest BCUT2D eigenvalue weighted by Crippen LogP contribution is 2.36. The van der Waals surface area contributed by atoms with E-state index < -0.39 is 31.1 Å². The molecule has 0 saturated carbocycles. The van der Waals surface area contributed by atoms with Gasteiger partial charge in [-0.2, -0.15) is 26.3 Å². The van der Waals surface area contributed by atoms with E-state index in [1.54, 1.807) is 11.3 Å². The van der Waals surface area contributed by atoms with Gasteiger partial charge in [-0.15, -0.1) is 11.3 Å². The molecule has 0 aliphatic rings. The van der Waals surface area contributed by atoms with Gasteiger partial charge in [-0.25, -0.2) is 26.4 Å². The van der Waals surface area contributed by atoms with Crippen molar-refractivity contribution in [1.82, 2.24) is 4.98 Å². The molecule has 0 N–H and O–H groups in total. The average molecular weight is 507 g/mol. The first kappa shape index (κ1) is 25.0. The van der Waals surface area contributed by atoms with Gasteiger partial charge in [-0.05, 0) is 12.1 Å². The number of halogens is 6. The zero-order chi connectivity index (χ0) is 23.7. The number of aryl methyl sites for hydroxylation is 1. The zero-order valence-electron chi connectivity index (χ0n) is 15.1. The molecular formula is C15H11F6N3O4S3. The van der Waals surface area contributed by atoms with Crippen molar-refractivity contribution < 1.29 is 47.7 Å². The lowest BCUT2D eigenvalue weighted by atomic mass is 10.3. The van der Waals surface area contributed by atoms with E-state index >= 15 is 0 Å². The van der Waals surface area contributed by atoms with Crippen molar-refractivity contribution in [3.8, 4) is 10.6 Å². The van der Waals surface area contributed by atoms with E-state index in [1.807, 2.05) is 30.1 Å². The highest BCUT2D eigenvalue weighted by atomic mass is 32.3. The molecule has 2 aromatic heterocycles. The van der Waals surface area contributed by atoms with Crippen molar-refractivity contribution >= 4 is 41.6 Å². The van der Waals surface area contributed by atoms with Gasteiger partial charge in [0.15, 0.2) is 32.4 Å². The maximum atomic E-state index is 11.4. The molecule has 7 nitrogen and oxygen atoms in total.